The van der Waals surface area contributed by atoms with Gasteiger partial charge in [0, 0.05) is 34.3 Å². The topological polar surface area (TPSA) is 77.6 Å². The monoisotopic (exact) mass is 444 g/mol. The first kappa shape index (κ1) is 19.5. The summed E-state index contributed by atoms with van der Waals surface area (Å²) < 4.78 is 3.64. The van der Waals surface area contributed by atoms with E-state index < -0.39 is 0 Å². The van der Waals surface area contributed by atoms with Crippen LogP contribution in [0.1, 0.15) is 0 Å². The van der Waals surface area contributed by atoms with Gasteiger partial charge in [-0.15, -0.1) is 10.2 Å². The van der Waals surface area contributed by atoms with Crippen molar-refractivity contribution in [1.82, 2.24) is 24.5 Å². The fourth-order valence-electron chi connectivity index (χ4n) is 2.63. The minimum Gasteiger partial charge on any atom is -0.325 e. The van der Waals surface area contributed by atoms with Crippen LogP contribution in [-0.4, -0.2) is 36.2 Å². The number of hydrogen-bond acceptors (Lipinski definition) is 5. The number of halogens is 2. The third-order valence-corrected chi connectivity index (χ3v) is 5.16. The molecule has 4 rings (SSSR count). The van der Waals surface area contributed by atoms with Gasteiger partial charge in [-0.3, -0.25) is 14.5 Å². The molecule has 0 atom stereocenters. The van der Waals surface area contributed by atoms with E-state index in [1.807, 2.05) is 47.4 Å². The normalized spacial score (nSPS) is 10.8. The second-order valence-electron chi connectivity index (χ2n) is 5.89. The van der Waals surface area contributed by atoms with Crippen LogP contribution >= 0.6 is 35.0 Å². The molecule has 0 radical (unpaired) electrons. The molecule has 0 saturated carbocycles. The highest BCUT2D eigenvalue weighted by molar-refractivity contribution is 7.99. The molecule has 3 heterocycles. The van der Waals surface area contributed by atoms with Gasteiger partial charge in [0.15, 0.2) is 0 Å². The highest BCUT2D eigenvalue weighted by Crippen LogP contribution is 2.25. The van der Waals surface area contributed by atoms with Gasteiger partial charge in [0.05, 0.1) is 5.75 Å². The number of pyridine rings is 1. The Hall–Kier alpha value is -2.81. The zero-order chi connectivity index (χ0) is 20.2. The van der Waals surface area contributed by atoms with Crippen molar-refractivity contribution < 1.29 is 4.79 Å². The second-order valence-corrected chi connectivity index (χ2v) is 7.71. The smallest absolute Gasteiger partial charge is 0.234 e. The van der Waals surface area contributed by atoms with E-state index >= 15 is 0 Å². The molecule has 0 aliphatic carbocycles. The SMILES string of the molecule is O=C(CSc1nnc(-c2ccccn2)n1-n1cccc1)Nc1cc(Cl)cc(Cl)c1. The number of thioether (sulfide) groups is 1. The maximum atomic E-state index is 12.4. The second kappa shape index (κ2) is 8.69. The predicted molar refractivity (Wildman–Crippen MR) is 114 cm³/mol. The first-order valence-corrected chi connectivity index (χ1v) is 10.2. The Morgan fingerprint density at radius 2 is 1.79 bits per heavy atom. The number of nitrogens with one attached hydrogen (secondary N) is 1. The molecular formula is C19H14Cl2N6OS. The highest BCUT2D eigenvalue weighted by atomic mass is 35.5. The largest absolute Gasteiger partial charge is 0.325 e. The average Bonchev–Trinajstić information content (AvgIpc) is 3.35. The van der Waals surface area contributed by atoms with Crippen molar-refractivity contribution in [1.29, 1.82) is 0 Å². The lowest BCUT2D eigenvalue weighted by Crippen LogP contribution is -2.16. The Morgan fingerprint density at radius 1 is 1.03 bits per heavy atom. The zero-order valence-corrected chi connectivity index (χ0v) is 17.2. The van der Waals surface area contributed by atoms with E-state index in [9.17, 15) is 4.79 Å². The molecule has 0 aliphatic heterocycles. The number of hydrogen-bond donors (Lipinski definition) is 1. The lowest BCUT2D eigenvalue weighted by molar-refractivity contribution is -0.113. The molecule has 0 unspecified atom stereocenters. The number of anilines is 1. The standard InChI is InChI=1S/C19H14Cl2N6OS/c20-13-9-14(21)11-15(10-13)23-17(28)12-29-19-25-24-18(16-5-1-2-6-22-16)27(19)26-7-3-4-8-26/h1-11H,12H2,(H,23,28). The van der Waals surface area contributed by atoms with Crippen molar-refractivity contribution in [2.24, 2.45) is 0 Å². The fourth-order valence-corrected chi connectivity index (χ4v) is 3.89. The van der Waals surface area contributed by atoms with Gasteiger partial charge in [-0.25, -0.2) is 4.68 Å². The van der Waals surface area contributed by atoms with Gasteiger partial charge in [0.25, 0.3) is 0 Å². The Morgan fingerprint density at radius 3 is 2.48 bits per heavy atom. The Bertz CT molecular complexity index is 1110. The molecule has 1 N–H and O–H groups in total. The summed E-state index contributed by atoms with van der Waals surface area (Å²) in [6.07, 6.45) is 5.43. The minimum absolute atomic E-state index is 0.131. The van der Waals surface area contributed by atoms with Gasteiger partial charge in [-0.05, 0) is 42.5 Å². The van der Waals surface area contributed by atoms with Crippen molar-refractivity contribution in [3.63, 3.8) is 0 Å². The summed E-state index contributed by atoms with van der Waals surface area (Å²) in [5, 5.41) is 12.8. The first-order valence-electron chi connectivity index (χ1n) is 8.49. The summed E-state index contributed by atoms with van der Waals surface area (Å²) in [5.74, 6) is 0.493. The van der Waals surface area contributed by atoms with Crippen LogP contribution in [0.4, 0.5) is 5.69 Å². The quantitative estimate of drug-likeness (QED) is 0.443. The van der Waals surface area contributed by atoms with E-state index in [0.717, 1.165) is 0 Å². The molecule has 0 saturated heterocycles. The zero-order valence-electron chi connectivity index (χ0n) is 14.9. The summed E-state index contributed by atoms with van der Waals surface area (Å²) in [7, 11) is 0. The van der Waals surface area contributed by atoms with Crippen LogP contribution in [0.5, 0.6) is 0 Å². The molecule has 146 valence electrons. The van der Waals surface area contributed by atoms with Crippen molar-refractivity contribution in [2.75, 3.05) is 11.1 Å². The molecule has 10 heteroatoms. The van der Waals surface area contributed by atoms with Gasteiger partial charge in [0.1, 0.15) is 5.69 Å². The van der Waals surface area contributed by atoms with Gasteiger partial charge in [-0.1, -0.05) is 41.0 Å². The molecule has 1 amide bonds. The first-order chi connectivity index (χ1) is 14.1. The number of rotatable bonds is 6. The van der Waals surface area contributed by atoms with Gasteiger partial charge < -0.3 is 5.32 Å². The summed E-state index contributed by atoms with van der Waals surface area (Å²) in [5.41, 5.74) is 1.22. The van der Waals surface area contributed by atoms with E-state index in [-0.39, 0.29) is 11.7 Å². The summed E-state index contributed by atoms with van der Waals surface area (Å²) in [6.45, 7) is 0. The molecule has 7 nitrogen and oxygen atoms in total. The van der Waals surface area contributed by atoms with E-state index in [0.29, 0.717) is 32.4 Å². The van der Waals surface area contributed by atoms with E-state index in [2.05, 4.69) is 20.5 Å². The van der Waals surface area contributed by atoms with Gasteiger partial charge in [0.2, 0.25) is 16.9 Å². The lowest BCUT2D eigenvalue weighted by atomic mass is 10.3. The molecule has 29 heavy (non-hydrogen) atoms. The summed E-state index contributed by atoms with van der Waals surface area (Å²) in [6, 6.07) is 14.2. The third-order valence-electron chi connectivity index (χ3n) is 3.80. The third kappa shape index (κ3) is 4.61. The summed E-state index contributed by atoms with van der Waals surface area (Å²) in [4.78, 5) is 16.7. The van der Waals surface area contributed by atoms with Crippen LogP contribution in [0.2, 0.25) is 10.0 Å². The maximum Gasteiger partial charge on any atom is 0.234 e. The van der Waals surface area contributed by atoms with Crippen molar-refractivity contribution >= 4 is 46.6 Å². The van der Waals surface area contributed by atoms with Crippen molar-refractivity contribution in [3.8, 4) is 11.5 Å². The molecule has 1 aromatic carbocycles. The van der Waals surface area contributed by atoms with Gasteiger partial charge in [-0.2, -0.15) is 0 Å². The van der Waals surface area contributed by atoms with Crippen LogP contribution in [0.3, 0.4) is 0 Å². The van der Waals surface area contributed by atoms with Crippen molar-refractivity contribution in [3.05, 3.63) is 77.2 Å². The number of amides is 1. The summed E-state index contributed by atoms with van der Waals surface area (Å²) >= 11 is 13.2. The number of carbonyl (C=O) groups is 1. The number of benzene rings is 1. The van der Waals surface area contributed by atoms with E-state index in [1.165, 1.54) is 11.8 Å². The Labute approximate surface area is 180 Å². The van der Waals surface area contributed by atoms with E-state index in [4.69, 9.17) is 23.2 Å². The van der Waals surface area contributed by atoms with Crippen LogP contribution in [0, 0.1) is 0 Å². The molecule has 0 aliphatic rings. The molecular weight excluding hydrogens is 431 g/mol. The highest BCUT2D eigenvalue weighted by Gasteiger charge is 2.17. The molecule has 3 aromatic heterocycles. The average molecular weight is 445 g/mol. The van der Waals surface area contributed by atoms with Crippen LogP contribution in [-0.2, 0) is 4.79 Å². The van der Waals surface area contributed by atoms with Crippen LogP contribution in [0.15, 0.2) is 72.3 Å². The van der Waals surface area contributed by atoms with Crippen molar-refractivity contribution in [2.45, 2.75) is 5.16 Å². The molecule has 0 bridgehead atoms. The number of aromatic nitrogens is 5. The minimum atomic E-state index is -0.213. The molecule has 4 aromatic rings. The Balaban J connectivity index is 1.54. The fraction of sp³-hybridized carbons (Fsp3) is 0.0526. The molecule has 0 spiro atoms. The van der Waals surface area contributed by atoms with Crippen LogP contribution < -0.4 is 5.32 Å². The van der Waals surface area contributed by atoms with Gasteiger partial charge >= 0.3 is 0 Å². The number of carbonyl (C=O) groups excluding carboxylic acids is 1. The van der Waals surface area contributed by atoms with E-state index in [1.54, 1.807) is 29.1 Å². The molecule has 0 fully saturated rings. The lowest BCUT2D eigenvalue weighted by Gasteiger charge is -2.11. The number of nitrogens with zero attached hydrogens (tertiary/aromatic N) is 5. The predicted octanol–water partition coefficient (Wildman–Crippen LogP) is 4.49. The Kier molecular flexibility index (Phi) is 5.84. The van der Waals surface area contributed by atoms with Crippen LogP contribution in [0.25, 0.3) is 11.5 Å². The maximum absolute atomic E-state index is 12.4.